The molecule has 2 aromatic rings. The zero-order chi connectivity index (χ0) is 20.8. The molecular formula is C22H21N3O4. The van der Waals surface area contributed by atoms with E-state index in [1.54, 1.807) is 48.5 Å². The van der Waals surface area contributed by atoms with Crippen molar-refractivity contribution in [1.29, 1.82) is 0 Å². The lowest BCUT2D eigenvalue weighted by Gasteiger charge is -2.14. The van der Waals surface area contributed by atoms with E-state index in [1.165, 1.54) is 11.0 Å². The van der Waals surface area contributed by atoms with Crippen LogP contribution in [-0.4, -0.2) is 28.5 Å². The molecule has 1 saturated heterocycles. The Bertz CT molecular complexity index is 933. The Morgan fingerprint density at radius 1 is 0.931 bits per heavy atom. The summed E-state index contributed by atoms with van der Waals surface area (Å²) < 4.78 is 0. The third kappa shape index (κ3) is 5.16. The zero-order valence-electron chi connectivity index (χ0n) is 15.8. The van der Waals surface area contributed by atoms with Crippen LogP contribution in [0.4, 0.5) is 5.69 Å². The van der Waals surface area contributed by atoms with Gasteiger partial charge in [-0.3, -0.25) is 24.1 Å². The number of amides is 4. The van der Waals surface area contributed by atoms with Gasteiger partial charge in [-0.05, 0) is 41.5 Å². The van der Waals surface area contributed by atoms with Crippen molar-refractivity contribution < 1.29 is 19.2 Å². The van der Waals surface area contributed by atoms with E-state index in [9.17, 15) is 19.2 Å². The summed E-state index contributed by atoms with van der Waals surface area (Å²) in [5.74, 6) is -0.821. The minimum atomic E-state index is -0.260. The molecular weight excluding hydrogens is 370 g/mol. The number of nitrogens with zero attached hydrogens (tertiary/aromatic N) is 1. The molecule has 1 aliphatic rings. The summed E-state index contributed by atoms with van der Waals surface area (Å²) in [6, 6.07) is 13.9. The summed E-state index contributed by atoms with van der Waals surface area (Å²) in [5, 5.41) is 5.48. The molecule has 0 bridgehead atoms. The van der Waals surface area contributed by atoms with E-state index < -0.39 is 0 Å². The number of carbonyl (C=O) groups is 4. The van der Waals surface area contributed by atoms with Crippen LogP contribution in [0.5, 0.6) is 0 Å². The summed E-state index contributed by atoms with van der Waals surface area (Å²) in [6.45, 7) is 3.99. The second kappa shape index (κ2) is 8.97. The van der Waals surface area contributed by atoms with Crippen LogP contribution in [0, 0.1) is 0 Å². The topological polar surface area (TPSA) is 95.6 Å². The van der Waals surface area contributed by atoms with Gasteiger partial charge >= 0.3 is 0 Å². The van der Waals surface area contributed by atoms with Gasteiger partial charge in [-0.2, -0.15) is 0 Å². The second-order valence-corrected chi connectivity index (χ2v) is 6.64. The van der Waals surface area contributed by atoms with Gasteiger partial charge in [0.1, 0.15) is 0 Å². The van der Waals surface area contributed by atoms with E-state index in [0.29, 0.717) is 17.8 Å². The van der Waals surface area contributed by atoms with E-state index in [-0.39, 0.29) is 43.0 Å². The largest absolute Gasteiger partial charge is 0.348 e. The van der Waals surface area contributed by atoms with Gasteiger partial charge in [0.25, 0.3) is 5.91 Å². The van der Waals surface area contributed by atoms with Crippen LogP contribution < -0.4 is 10.6 Å². The highest BCUT2D eigenvalue weighted by molar-refractivity contribution is 6.04. The normalized spacial score (nSPS) is 13.3. The molecule has 0 unspecified atom stereocenters. The molecule has 0 atom stereocenters. The van der Waals surface area contributed by atoms with Gasteiger partial charge in [-0.15, -0.1) is 0 Å². The summed E-state index contributed by atoms with van der Waals surface area (Å²) in [5.41, 5.74) is 2.78. The maximum atomic E-state index is 12.4. The first-order chi connectivity index (χ1) is 14.0. The maximum absolute atomic E-state index is 12.4. The SMILES string of the molecule is C=CC(=O)NCc1ccc(C(=O)Nc2ccc(CN3C(=O)CCC3=O)cc2)cc1. The van der Waals surface area contributed by atoms with Gasteiger partial charge in [-0.1, -0.05) is 30.8 Å². The summed E-state index contributed by atoms with van der Waals surface area (Å²) in [6.07, 6.45) is 1.74. The Kier molecular flexibility index (Phi) is 6.19. The van der Waals surface area contributed by atoms with Crippen LogP contribution in [0.3, 0.4) is 0 Å². The minimum Gasteiger partial charge on any atom is -0.348 e. The highest BCUT2D eigenvalue weighted by Crippen LogP contribution is 2.18. The summed E-state index contributed by atoms with van der Waals surface area (Å²) >= 11 is 0. The van der Waals surface area contributed by atoms with Crippen LogP contribution >= 0.6 is 0 Å². The number of benzene rings is 2. The predicted octanol–water partition coefficient (Wildman–Crippen LogP) is 2.39. The first-order valence-corrected chi connectivity index (χ1v) is 9.19. The van der Waals surface area contributed by atoms with Crippen molar-refractivity contribution in [2.24, 2.45) is 0 Å². The van der Waals surface area contributed by atoms with Crippen molar-refractivity contribution in [2.75, 3.05) is 5.32 Å². The third-order valence-electron chi connectivity index (χ3n) is 4.58. The fourth-order valence-electron chi connectivity index (χ4n) is 2.91. The molecule has 7 heteroatoms. The molecule has 0 spiro atoms. The fourth-order valence-corrected chi connectivity index (χ4v) is 2.91. The molecule has 0 saturated carbocycles. The lowest BCUT2D eigenvalue weighted by molar-refractivity contribution is -0.139. The molecule has 1 fully saturated rings. The molecule has 2 aromatic carbocycles. The molecule has 0 radical (unpaired) electrons. The second-order valence-electron chi connectivity index (χ2n) is 6.64. The number of hydrogen-bond donors (Lipinski definition) is 2. The molecule has 1 aliphatic heterocycles. The minimum absolute atomic E-state index is 0.153. The van der Waals surface area contributed by atoms with Gasteiger partial charge in [0, 0.05) is 30.6 Å². The van der Waals surface area contributed by atoms with Crippen LogP contribution in [0.1, 0.15) is 34.3 Å². The van der Waals surface area contributed by atoms with Crippen LogP contribution in [0.25, 0.3) is 0 Å². The molecule has 0 aliphatic carbocycles. The smallest absolute Gasteiger partial charge is 0.255 e. The summed E-state index contributed by atoms with van der Waals surface area (Å²) in [7, 11) is 0. The maximum Gasteiger partial charge on any atom is 0.255 e. The third-order valence-corrected chi connectivity index (χ3v) is 4.58. The standard InChI is InChI=1S/C22H21N3O4/c1-2-19(26)23-13-15-3-7-17(8-4-15)22(29)24-18-9-5-16(6-10-18)14-25-20(27)11-12-21(25)28/h2-10H,1,11-14H2,(H,23,26)(H,24,29). The Morgan fingerprint density at radius 3 is 2.10 bits per heavy atom. The molecule has 4 amide bonds. The van der Waals surface area contributed by atoms with Crippen LogP contribution in [0.15, 0.2) is 61.2 Å². The van der Waals surface area contributed by atoms with E-state index in [2.05, 4.69) is 17.2 Å². The zero-order valence-corrected chi connectivity index (χ0v) is 15.8. The van der Waals surface area contributed by atoms with Crippen LogP contribution in [0.2, 0.25) is 0 Å². The number of hydrogen-bond acceptors (Lipinski definition) is 4. The molecule has 2 N–H and O–H groups in total. The van der Waals surface area contributed by atoms with E-state index >= 15 is 0 Å². The Morgan fingerprint density at radius 2 is 1.52 bits per heavy atom. The van der Waals surface area contributed by atoms with Crippen molar-refractivity contribution in [1.82, 2.24) is 10.2 Å². The first-order valence-electron chi connectivity index (χ1n) is 9.19. The van der Waals surface area contributed by atoms with Crippen molar-refractivity contribution in [3.63, 3.8) is 0 Å². The lowest BCUT2D eigenvalue weighted by atomic mass is 10.1. The highest BCUT2D eigenvalue weighted by Gasteiger charge is 2.28. The van der Waals surface area contributed by atoms with Gasteiger partial charge in [0.05, 0.1) is 6.54 Å². The number of anilines is 1. The predicted molar refractivity (Wildman–Crippen MR) is 108 cm³/mol. The van der Waals surface area contributed by atoms with E-state index in [4.69, 9.17) is 0 Å². The van der Waals surface area contributed by atoms with Gasteiger partial charge < -0.3 is 10.6 Å². The molecule has 0 aromatic heterocycles. The number of carbonyl (C=O) groups excluding carboxylic acids is 4. The molecule has 7 nitrogen and oxygen atoms in total. The van der Waals surface area contributed by atoms with Gasteiger partial charge in [-0.25, -0.2) is 0 Å². The van der Waals surface area contributed by atoms with Crippen LogP contribution in [-0.2, 0) is 27.5 Å². The monoisotopic (exact) mass is 391 g/mol. The van der Waals surface area contributed by atoms with Crippen molar-refractivity contribution in [3.05, 3.63) is 77.9 Å². The van der Waals surface area contributed by atoms with E-state index in [0.717, 1.165) is 11.1 Å². The number of likely N-dealkylation sites (tertiary alicyclic amines) is 1. The highest BCUT2D eigenvalue weighted by atomic mass is 16.2. The fraction of sp³-hybridized carbons (Fsp3) is 0.182. The molecule has 29 heavy (non-hydrogen) atoms. The Labute approximate surface area is 168 Å². The molecule has 1 heterocycles. The van der Waals surface area contributed by atoms with Crippen molar-refractivity contribution >= 4 is 29.3 Å². The van der Waals surface area contributed by atoms with Gasteiger partial charge in [0.2, 0.25) is 17.7 Å². The quantitative estimate of drug-likeness (QED) is 0.560. The Hall–Kier alpha value is -3.74. The van der Waals surface area contributed by atoms with Crippen molar-refractivity contribution in [2.45, 2.75) is 25.9 Å². The number of rotatable bonds is 7. The molecule has 3 rings (SSSR count). The van der Waals surface area contributed by atoms with Crippen molar-refractivity contribution in [3.8, 4) is 0 Å². The van der Waals surface area contributed by atoms with Gasteiger partial charge in [0.15, 0.2) is 0 Å². The van der Waals surface area contributed by atoms with E-state index in [1.807, 2.05) is 0 Å². The first kappa shape index (κ1) is 20.0. The Balaban J connectivity index is 1.56. The number of imide groups is 1. The molecule has 148 valence electrons. The lowest BCUT2D eigenvalue weighted by Crippen LogP contribution is -2.28. The number of nitrogens with one attached hydrogen (secondary N) is 2. The summed E-state index contributed by atoms with van der Waals surface area (Å²) in [4.78, 5) is 48.2. The average Bonchev–Trinajstić information content (AvgIpc) is 3.05. The average molecular weight is 391 g/mol.